The molecular weight excluding hydrogens is 189 g/mol. The lowest BCUT2D eigenvalue weighted by atomic mass is 10.1. The van der Waals surface area contributed by atoms with Gasteiger partial charge in [-0.25, -0.2) is 0 Å². The zero-order valence-electron chi connectivity index (χ0n) is 7.64. The molecule has 76 valence electrons. The maximum Gasteiger partial charge on any atom is 0.353 e. The summed E-state index contributed by atoms with van der Waals surface area (Å²) in [6.45, 7) is 0. The van der Waals surface area contributed by atoms with Gasteiger partial charge >= 0.3 is 6.30 Å². The van der Waals surface area contributed by atoms with Crippen LogP contribution in [0.1, 0.15) is 5.56 Å². The first-order valence-corrected chi connectivity index (χ1v) is 4.04. The van der Waals surface area contributed by atoms with Crippen molar-refractivity contribution in [2.45, 2.75) is 12.7 Å². The highest BCUT2D eigenvalue weighted by atomic mass is 19.1. The van der Waals surface area contributed by atoms with Crippen molar-refractivity contribution < 1.29 is 14.1 Å². The molecule has 1 atom stereocenters. The lowest BCUT2D eigenvalue weighted by Crippen LogP contribution is -2.15. The lowest BCUT2D eigenvalue weighted by Gasteiger charge is -2.02. The van der Waals surface area contributed by atoms with E-state index in [9.17, 15) is 14.5 Å². The van der Waals surface area contributed by atoms with Gasteiger partial charge in [0.1, 0.15) is 5.75 Å². The molecule has 0 heterocycles. The number of ether oxygens (including phenoxy) is 1. The Labute approximate surface area is 80.5 Å². The first kappa shape index (κ1) is 10.4. The summed E-state index contributed by atoms with van der Waals surface area (Å²) in [6.07, 6.45) is -2.25. The number of methoxy groups -OCH3 is 1. The third kappa shape index (κ3) is 2.69. The van der Waals surface area contributed by atoms with E-state index in [0.717, 1.165) is 0 Å². The smallest absolute Gasteiger partial charge is 0.353 e. The topological polar surface area (TPSA) is 52.4 Å². The molecule has 5 heteroatoms. The fraction of sp³-hybridized carbons (Fsp3) is 0.333. The van der Waals surface area contributed by atoms with Gasteiger partial charge in [-0.3, -0.25) is 10.1 Å². The van der Waals surface area contributed by atoms with Crippen LogP contribution >= 0.6 is 0 Å². The molecule has 0 aliphatic rings. The summed E-state index contributed by atoms with van der Waals surface area (Å²) >= 11 is 0. The minimum absolute atomic E-state index is 0.211. The van der Waals surface area contributed by atoms with Crippen LogP contribution in [0.2, 0.25) is 0 Å². The number of nitrogens with zero attached hydrogens (tertiary/aromatic N) is 1. The predicted molar refractivity (Wildman–Crippen MR) is 48.6 cm³/mol. The molecule has 1 aromatic carbocycles. The van der Waals surface area contributed by atoms with Gasteiger partial charge in [-0.2, -0.15) is 4.39 Å². The third-order valence-corrected chi connectivity index (χ3v) is 1.79. The molecule has 0 saturated heterocycles. The SMILES string of the molecule is COc1ccc(CC(F)[N+](=O)[O-])cc1. The van der Waals surface area contributed by atoms with Crippen LogP contribution in [0, 0.1) is 10.1 Å². The summed E-state index contributed by atoms with van der Waals surface area (Å²) < 4.78 is 17.6. The molecule has 0 N–H and O–H groups in total. The Morgan fingerprint density at radius 1 is 1.50 bits per heavy atom. The van der Waals surface area contributed by atoms with Crippen LogP contribution in [-0.4, -0.2) is 18.3 Å². The Balaban J connectivity index is 2.64. The van der Waals surface area contributed by atoms with Crippen molar-refractivity contribution in [3.05, 3.63) is 39.9 Å². The van der Waals surface area contributed by atoms with E-state index < -0.39 is 11.2 Å². The lowest BCUT2D eigenvalue weighted by molar-refractivity contribution is -0.552. The van der Waals surface area contributed by atoms with Crippen molar-refractivity contribution in [3.8, 4) is 5.75 Å². The van der Waals surface area contributed by atoms with Crippen molar-refractivity contribution in [2.75, 3.05) is 7.11 Å². The normalized spacial score (nSPS) is 12.1. The number of alkyl halides is 1. The van der Waals surface area contributed by atoms with Gasteiger partial charge in [-0.05, 0) is 17.7 Å². The molecule has 0 aromatic heterocycles. The van der Waals surface area contributed by atoms with E-state index in [1.54, 1.807) is 24.3 Å². The monoisotopic (exact) mass is 199 g/mol. The van der Waals surface area contributed by atoms with E-state index in [2.05, 4.69) is 0 Å². The van der Waals surface area contributed by atoms with E-state index >= 15 is 0 Å². The molecule has 0 aliphatic carbocycles. The fourth-order valence-electron chi connectivity index (χ4n) is 1.03. The molecule has 0 radical (unpaired) electrons. The standard InChI is InChI=1S/C9H10FNO3/c1-14-8-4-2-7(3-5-8)6-9(10)11(12)13/h2-5,9H,6H2,1H3. The van der Waals surface area contributed by atoms with Crippen molar-refractivity contribution in [1.29, 1.82) is 0 Å². The van der Waals surface area contributed by atoms with Crippen LogP contribution in [0.4, 0.5) is 4.39 Å². The molecule has 1 unspecified atom stereocenters. The second-order valence-corrected chi connectivity index (χ2v) is 2.77. The molecule has 1 aromatic rings. The molecule has 0 saturated carbocycles. The van der Waals surface area contributed by atoms with Gasteiger partial charge in [0.15, 0.2) is 0 Å². The molecule has 0 aliphatic heterocycles. The van der Waals surface area contributed by atoms with E-state index in [1.807, 2.05) is 0 Å². The van der Waals surface area contributed by atoms with Gasteiger partial charge in [0.05, 0.1) is 18.5 Å². The number of rotatable bonds is 4. The summed E-state index contributed by atoms with van der Waals surface area (Å²) in [5.41, 5.74) is 0.579. The summed E-state index contributed by atoms with van der Waals surface area (Å²) in [6, 6.07) is 6.49. The zero-order valence-corrected chi connectivity index (χ0v) is 7.64. The molecule has 1 rings (SSSR count). The maximum atomic E-state index is 12.7. The molecular formula is C9H10FNO3. The van der Waals surface area contributed by atoms with E-state index in [1.165, 1.54) is 7.11 Å². The average Bonchev–Trinajstić information content (AvgIpc) is 2.19. The number of nitro groups is 1. The van der Waals surface area contributed by atoms with E-state index in [0.29, 0.717) is 11.3 Å². The number of benzene rings is 1. The van der Waals surface area contributed by atoms with Crippen molar-refractivity contribution in [2.24, 2.45) is 0 Å². The minimum Gasteiger partial charge on any atom is -0.497 e. The van der Waals surface area contributed by atoms with Gasteiger partial charge in [0.2, 0.25) is 0 Å². The summed E-state index contributed by atoms with van der Waals surface area (Å²) in [5.74, 6) is 0.644. The van der Waals surface area contributed by atoms with E-state index in [4.69, 9.17) is 4.74 Å². The Morgan fingerprint density at radius 2 is 2.07 bits per heavy atom. The average molecular weight is 199 g/mol. The second kappa shape index (κ2) is 4.55. The van der Waals surface area contributed by atoms with Crippen LogP contribution in [0.5, 0.6) is 5.75 Å². The van der Waals surface area contributed by atoms with Crippen molar-refractivity contribution in [3.63, 3.8) is 0 Å². The minimum atomic E-state index is -2.04. The first-order valence-electron chi connectivity index (χ1n) is 4.04. The van der Waals surface area contributed by atoms with Gasteiger partial charge in [0, 0.05) is 0 Å². The van der Waals surface area contributed by atoms with Crippen LogP contribution in [0.3, 0.4) is 0 Å². The largest absolute Gasteiger partial charge is 0.497 e. The fourth-order valence-corrected chi connectivity index (χ4v) is 1.03. The molecule has 0 bridgehead atoms. The van der Waals surface area contributed by atoms with Gasteiger partial charge in [0.25, 0.3) is 0 Å². The van der Waals surface area contributed by atoms with E-state index in [-0.39, 0.29) is 6.42 Å². The highest BCUT2D eigenvalue weighted by molar-refractivity contribution is 5.27. The Morgan fingerprint density at radius 3 is 2.50 bits per heavy atom. The highest BCUT2D eigenvalue weighted by Gasteiger charge is 2.17. The Hall–Kier alpha value is -1.65. The summed E-state index contributed by atoms with van der Waals surface area (Å²) in [4.78, 5) is 9.09. The van der Waals surface area contributed by atoms with Crippen LogP contribution in [-0.2, 0) is 6.42 Å². The van der Waals surface area contributed by atoms with Crippen molar-refractivity contribution >= 4 is 0 Å². The third-order valence-electron chi connectivity index (χ3n) is 1.79. The first-order chi connectivity index (χ1) is 6.63. The number of hydrogen-bond donors (Lipinski definition) is 0. The molecule has 0 fully saturated rings. The summed E-state index contributed by atoms with van der Waals surface area (Å²) in [7, 11) is 1.52. The van der Waals surface area contributed by atoms with Gasteiger partial charge in [-0.1, -0.05) is 12.1 Å². The Kier molecular flexibility index (Phi) is 3.39. The molecule has 4 nitrogen and oxygen atoms in total. The predicted octanol–water partition coefficient (Wildman–Crippen LogP) is 1.81. The van der Waals surface area contributed by atoms with Crippen LogP contribution < -0.4 is 4.74 Å². The summed E-state index contributed by atoms with van der Waals surface area (Å²) in [5, 5.41) is 10.0. The zero-order chi connectivity index (χ0) is 10.6. The van der Waals surface area contributed by atoms with Crippen LogP contribution in [0.15, 0.2) is 24.3 Å². The van der Waals surface area contributed by atoms with Crippen molar-refractivity contribution in [1.82, 2.24) is 0 Å². The van der Waals surface area contributed by atoms with Gasteiger partial charge in [-0.15, -0.1) is 0 Å². The number of halogens is 1. The van der Waals surface area contributed by atoms with Crippen LogP contribution in [0.25, 0.3) is 0 Å². The quantitative estimate of drug-likeness (QED) is 0.422. The maximum absolute atomic E-state index is 12.7. The second-order valence-electron chi connectivity index (χ2n) is 2.77. The molecule has 14 heavy (non-hydrogen) atoms. The molecule has 0 spiro atoms. The highest BCUT2D eigenvalue weighted by Crippen LogP contribution is 2.13. The van der Waals surface area contributed by atoms with Gasteiger partial charge < -0.3 is 4.74 Å². The number of hydrogen-bond acceptors (Lipinski definition) is 3. The molecule has 0 amide bonds. The Bertz CT molecular complexity index is 312.